The summed E-state index contributed by atoms with van der Waals surface area (Å²) in [5.41, 5.74) is 0.412. The normalized spacial score (nSPS) is 20.4. The van der Waals surface area contributed by atoms with Gasteiger partial charge in [-0.25, -0.2) is 0 Å². The zero-order valence-corrected chi connectivity index (χ0v) is 9.57. The summed E-state index contributed by atoms with van der Waals surface area (Å²) in [5, 5.41) is 0.421. The molecule has 1 aromatic carbocycles. The lowest BCUT2D eigenvalue weighted by molar-refractivity contribution is 0.00720. The molecule has 1 fully saturated rings. The van der Waals surface area contributed by atoms with E-state index in [1.165, 1.54) is 0 Å². The van der Waals surface area contributed by atoms with Crippen molar-refractivity contribution in [2.45, 2.75) is 18.9 Å². The average molecular weight is 241 g/mol. The van der Waals surface area contributed by atoms with E-state index in [1.807, 2.05) is 0 Å². The summed E-state index contributed by atoms with van der Waals surface area (Å²) < 4.78 is 11.0. The van der Waals surface area contributed by atoms with Gasteiger partial charge < -0.3 is 9.47 Å². The van der Waals surface area contributed by atoms with E-state index < -0.39 is 0 Å². The van der Waals surface area contributed by atoms with Crippen molar-refractivity contribution in [2.75, 3.05) is 13.2 Å². The molecule has 0 spiro atoms. The Morgan fingerprint density at radius 2 is 2.38 bits per heavy atom. The van der Waals surface area contributed by atoms with Crippen LogP contribution in [0.3, 0.4) is 0 Å². The number of halogens is 1. The molecule has 1 atom stereocenters. The van der Waals surface area contributed by atoms with Crippen LogP contribution in [0.5, 0.6) is 5.75 Å². The molecular formula is C12H13ClO3. The molecule has 0 aliphatic carbocycles. The highest BCUT2D eigenvalue weighted by Gasteiger charge is 2.17. The largest absolute Gasteiger partial charge is 0.487 e. The first-order chi connectivity index (χ1) is 7.81. The molecule has 1 heterocycles. The van der Waals surface area contributed by atoms with Crippen LogP contribution < -0.4 is 4.74 Å². The SMILES string of the molecule is O=Cc1c(Cl)cccc1OC1CCCOC1. The Balaban J connectivity index is 2.13. The first-order valence-electron chi connectivity index (χ1n) is 5.29. The summed E-state index contributed by atoms with van der Waals surface area (Å²) in [6.45, 7) is 1.36. The zero-order valence-electron chi connectivity index (χ0n) is 8.82. The fourth-order valence-electron chi connectivity index (χ4n) is 1.72. The van der Waals surface area contributed by atoms with Gasteiger partial charge in [-0.3, -0.25) is 4.79 Å². The van der Waals surface area contributed by atoms with Crippen LogP contribution in [-0.4, -0.2) is 25.6 Å². The minimum absolute atomic E-state index is 0.0194. The van der Waals surface area contributed by atoms with Gasteiger partial charge in [0.25, 0.3) is 0 Å². The maximum absolute atomic E-state index is 10.9. The van der Waals surface area contributed by atoms with Crippen LogP contribution in [0, 0.1) is 0 Å². The van der Waals surface area contributed by atoms with Crippen molar-refractivity contribution >= 4 is 17.9 Å². The van der Waals surface area contributed by atoms with Crippen molar-refractivity contribution in [1.82, 2.24) is 0 Å². The molecule has 0 radical (unpaired) electrons. The molecule has 1 aliphatic rings. The Hall–Kier alpha value is -1.06. The highest BCUT2D eigenvalue weighted by atomic mass is 35.5. The van der Waals surface area contributed by atoms with Gasteiger partial charge in [0.2, 0.25) is 0 Å². The summed E-state index contributed by atoms with van der Waals surface area (Å²) in [6, 6.07) is 5.20. The summed E-state index contributed by atoms with van der Waals surface area (Å²) in [6.07, 6.45) is 2.68. The molecule has 0 aromatic heterocycles. The van der Waals surface area contributed by atoms with Crippen LogP contribution in [0.4, 0.5) is 0 Å². The lowest BCUT2D eigenvalue weighted by Crippen LogP contribution is -2.28. The van der Waals surface area contributed by atoms with Crippen molar-refractivity contribution < 1.29 is 14.3 Å². The predicted molar refractivity (Wildman–Crippen MR) is 61.3 cm³/mol. The van der Waals surface area contributed by atoms with Gasteiger partial charge >= 0.3 is 0 Å². The van der Waals surface area contributed by atoms with Gasteiger partial charge in [0, 0.05) is 6.61 Å². The Kier molecular flexibility index (Phi) is 3.80. The second-order valence-electron chi connectivity index (χ2n) is 3.73. The van der Waals surface area contributed by atoms with Crippen molar-refractivity contribution in [2.24, 2.45) is 0 Å². The fourth-order valence-corrected chi connectivity index (χ4v) is 1.93. The second kappa shape index (κ2) is 5.32. The number of ether oxygens (including phenoxy) is 2. The first-order valence-corrected chi connectivity index (χ1v) is 5.67. The maximum atomic E-state index is 10.9. The van der Waals surface area contributed by atoms with Crippen LogP contribution in [0.25, 0.3) is 0 Å². The standard InChI is InChI=1S/C12H13ClO3/c13-11-4-1-5-12(10(11)7-14)16-9-3-2-6-15-8-9/h1,4-5,7,9H,2-3,6,8H2. The monoisotopic (exact) mass is 240 g/mol. The van der Waals surface area contributed by atoms with E-state index in [0.29, 0.717) is 22.9 Å². The number of carbonyl (C=O) groups excluding carboxylic acids is 1. The van der Waals surface area contributed by atoms with E-state index >= 15 is 0 Å². The molecule has 3 nitrogen and oxygen atoms in total. The minimum Gasteiger partial charge on any atom is -0.487 e. The number of carbonyl (C=O) groups is 1. The molecule has 16 heavy (non-hydrogen) atoms. The third-order valence-corrected chi connectivity index (χ3v) is 2.87. The average Bonchev–Trinajstić information content (AvgIpc) is 2.31. The van der Waals surface area contributed by atoms with Gasteiger partial charge in [0.15, 0.2) is 6.29 Å². The molecule has 1 aromatic rings. The smallest absolute Gasteiger partial charge is 0.155 e. The Morgan fingerprint density at radius 3 is 3.06 bits per heavy atom. The lowest BCUT2D eigenvalue weighted by Gasteiger charge is -2.24. The Labute approximate surface area is 99.3 Å². The van der Waals surface area contributed by atoms with Gasteiger partial charge in [-0.2, -0.15) is 0 Å². The summed E-state index contributed by atoms with van der Waals surface area (Å²) in [7, 11) is 0. The molecule has 1 aliphatic heterocycles. The molecule has 2 rings (SSSR count). The third kappa shape index (κ3) is 2.54. The van der Waals surface area contributed by atoms with Gasteiger partial charge in [0.1, 0.15) is 11.9 Å². The summed E-state index contributed by atoms with van der Waals surface area (Å²) in [4.78, 5) is 10.9. The number of benzene rings is 1. The molecule has 0 bridgehead atoms. The van der Waals surface area contributed by atoms with Crippen LogP contribution in [-0.2, 0) is 4.74 Å². The fraction of sp³-hybridized carbons (Fsp3) is 0.417. The number of rotatable bonds is 3. The van der Waals surface area contributed by atoms with E-state index in [2.05, 4.69) is 0 Å². The molecule has 4 heteroatoms. The molecule has 86 valence electrons. The van der Waals surface area contributed by atoms with Gasteiger partial charge in [-0.05, 0) is 25.0 Å². The quantitative estimate of drug-likeness (QED) is 0.762. The van der Waals surface area contributed by atoms with Crippen molar-refractivity contribution in [1.29, 1.82) is 0 Å². The van der Waals surface area contributed by atoms with Gasteiger partial charge in [-0.1, -0.05) is 17.7 Å². The van der Waals surface area contributed by atoms with E-state index in [4.69, 9.17) is 21.1 Å². The van der Waals surface area contributed by atoms with Crippen molar-refractivity contribution in [3.05, 3.63) is 28.8 Å². The van der Waals surface area contributed by atoms with Crippen molar-refractivity contribution in [3.63, 3.8) is 0 Å². The Morgan fingerprint density at radius 1 is 1.50 bits per heavy atom. The highest BCUT2D eigenvalue weighted by Crippen LogP contribution is 2.26. The van der Waals surface area contributed by atoms with Gasteiger partial charge in [0.05, 0.1) is 17.2 Å². The Bertz CT molecular complexity index is 373. The molecule has 1 saturated heterocycles. The maximum Gasteiger partial charge on any atom is 0.155 e. The van der Waals surface area contributed by atoms with E-state index in [-0.39, 0.29) is 6.10 Å². The predicted octanol–water partition coefficient (Wildman–Crippen LogP) is 2.71. The van der Waals surface area contributed by atoms with E-state index in [9.17, 15) is 4.79 Å². The first kappa shape index (κ1) is 11.4. The van der Waals surface area contributed by atoms with Crippen LogP contribution in [0.2, 0.25) is 5.02 Å². The van der Waals surface area contributed by atoms with Gasteiger partial charge in [-0.15, -0.1) is 0 Å². The summed E-state index contributed by atoms with van der Waals surface area (Å²) >= 11 is 5.90. The third-order valence-electron chi connectivity index (χ3n) is 2.54. The van der Waals surface area contributed by atoms with Crippen molar-refractivity contribution in [3.8, 4) is 5.75 Å². The number of aldehydes is 1. The number of hydrogen-bond donors (Lipinski definition) is 0. The van der Waals surface area contributed by atoms with Crippen LogP contribution >= 0.6 is 11.6 Å². The highest BCUT2D eigenvalue weighted by molar-refractivity contribution is 6.33. The minimum atomic E-state index is 0.0194. The second-order valence-corrected chi connectivity index (χ2v) is 4.13. The van der Waals surface area contributed by atoms with Crippen LogP contribution in [0.15, 0.2) is 18.2 Å². The van der Waals surface area contributed by atoms with E-state index in [0.717, 1.165) is 25.7 Å². The van der Waals surface area contributed by atoms with E-state index in [1.54, 1.807) is 18.2 Å². The topological polar surface area (TPSA) is 35.5 Å². The van der Waals surface area contributed by atoms with Crippen LogP contribution in [0.1, 0.15) is 23.2 Å². The molecule has 1 unspecified atom stereocenters. The lowest BCUT2D eigenvalue weighted by atomic mass is 10.1. The number of hydrogen-bond acceptors (Lipinski definition) is 3. The molecule has 0 saturated carbocycles. The molecule has 0 amide bonds. The molecular weight excluding hydrogens is 228 g/mol. The molecule has 0 N–H and O–H groups in total. The zero-order chi connectivity index (χ0) is 11.4. The summed E-state index contributed by atoms with van der Waals surface area (Å²) in [5.74, 6) is 0.540.